The van der Waals surface area contributed by atoms with Crippen molar-refractivity contribution in [1.29, 1.82) is 0 Å². The van der Waals surface area contributed by atoms with Crippen LogP contribution in [0.25, 0.3) is 0 Å². The van der Waals surface area contributed by atoms with Crippen LogP contribution in [0, 0.1) is 12.3 Å². The third-order valence-electron chi connectivity index (χ3n) is 1.02. The molecule has 39 valence electrons. The van der Waals surface area contributed by atoms with Gasteiger partial charge in [0.15, 0.2) is 0 Å². The molecule has 1 aliphatic rings. The van der Waals surface area contributed by atoms with Crippen LogP contribution in [0.3, 0.4) is 0 Å². The molecular weight excluding hydrogens is 106 g/mol. The van der Waals surface area contributed by atoms with Gasteiger partial charge < -0.3 is 5.73 Å². The maximum Gasteiger partial charge on any atom is 0.0768 e. The second-order valence-corrected chi connectivity index (χ2v) is 2.38. The summed E-state index contributed by atoms with van der Waals surface area (Å²) < 4.78 is 0. The second-order valence-electron chi connectivity index (χ2n) is 1.91. The van der Waals surface area contributed by atoms with Crippen LogP contribution in [0.4, 0.5) is 0 Å². The Morgan fingerprint density at radius 1 is 1.71 bits per heavy atom. The van der Waals surface area contributed by atoms with Gasteiger partial charge in [-0.2, -0.15) is 0 Å². The molecule has 1 aliphatic carbocycles. The predicted octanol–water partition coefficient (Wildman–Crippen LogP) is 0.887. The van der Waals surface area contributed by atoms with Gasteiger partial charge in [0.05, 0.1) is 4.99 Å². The van der Waals surface area contributed by atoms with E-state index in [1.54, 1.807) is 0 Å². The molecule has 7 heavy (non-hydrogen) atoms. The van der Waals surface area contributed by atoms with Crippen molar-refractivity contribution >= 4 is 17.2 Å². The molecule has 0 heterocycles. The first kappa shape index (κ1) is 5.04. The molecule has 0 saturated heterocycles. The largest absolute Gasteiger partial charge is 0.393 e. The highest BCUT2D eigenvalue weighted by molar-refractivity contribution is 7.80. The highest BCUT2D eigenvalue weighted by Gasteiger charge is 2.21. The Morgan fingerprint density at radius 2 is 2.29 bits per heavy atom. The molecule has 0 atom stereocenters. The number of rotatable bonds is 2. The first-order valence-electron chi connectivity index (χ1n) is 2.43. The Labute approximate surface area is 48.9 Å². The molecule has 0 aromatic rings. The van der Waals surface area contributed by atoms with E-state index < -0.39 is 0 Å². The van der Waals surface area contributed by atoms with E-state index in [2.05, 4.69) is 12.2 Å². The molecule has 1 fully saturated rings. The first-order chi connectivity index (χ1) is 3.29. The third-order valence-corrected chi connectivity index (χ3v) is 1.16. The molecular formula is C5H8NS. The van der Waals surface area contributed by atoms with Crippen LogP contribution in [0.5, 0.6) is 0 Å². The molecule has 0 spiro atoms. The van der Waals surface area contributed by atoms with Crippen molar-refractivity contribution in [3.8, 4) is 0 Å². The zero-order chi connectivity index (χ0) is 5.28. The summed E-state index contributed by atoms with van der Waals surface area (Å²) in [6, 6.07) is 0. The molecule has 2 N–H and O–H groups in total. The van der Waals surface area contributed by atoms with Crippen molar-refractivity contribution in [1.82, 2.24) is 0 Å². The van der Waals surface area contributed by atoms with Crippen LogP contribution in [0.15, 0.2) is 0 Å². The summed E-state index contributed by atoms with van der Waals surface area (Å²) in [4.78, 5) is 0.558. The Kier molecular flexibility index (Phi) is 1.28. The van der Waals surface area contributed by atoms with Crippen LogP contribution in [-0.4, -0.2) is 4.99 Å². The molecule has 0 aromatic heterocycles. The van der Waals surface area contributed by atoms with Gasteiger partial charge in [-0.15, -0.1) is 0 Å². The first-order valence-corrected chi connectivity index (χ1v) is 2.84. The molecule has 1 rings (SSSR count). The lowest BCUT2D eigenvalue weighted by Crippen LogP contribution is -2.08. The van der Waals surface area contributed by atoms with Crippen molar-refractivity contribution < 1.29 is 0 Å². The Morgan fingerprint density at radius 3 is 2.43 bits per heavy atom. The molecule has 0 amide bonds. The molecule has 0 unspecified atom stereocenters. The average molecular weight is 114 g/mol. The highest BCUT2D eigenvalue weighted by atomic mass is 32.1. The van der Waals surface area contributed by atoms with Gasteiger partial charge in [-0.1, -0.05) is 12.2 Å². The topological polar surface area (TPSA) is 26.0 Å². The fraction of sp³-hybridized carbons (Fsp3) is 0.600. The maximum atomic E-state index is 5.21. The Balaban J connectivity index is 2.08. The summed E-state index contributed by atoms with van der Waals surface area (Å²) in [5.74, 6) is 0.734. The predicted molar refractivity (Wildman–Crippen MR) is 33.8 cm³/mol. The van der Waals surface area contributed by atoms with Crippen molar-refractivity contribution in [2.75, 3.05) is 0 Å². The fourth-order valence-electron chi connectivity index (χ4n) is 0.495. The SMILES string of the molecule is NC(=S)[CH]C1CC1. The zero-order valence-electron chi connectivity index (χ0n) is 4.05. The number of thiocarbonyl (C=S) groups is 1. The molecule has 1 saturated carbocycles. The molecule has 1 nitrogen and oxygen atoms in total. The number of hydrogen-bond donors (Lipinski definition) is 1. The van der Waals surface area contributed by atoms with Gasteiger partial charge in [0.25, 0.3) is 0 Å². The van der Waals surface area contributed by atoms with Gasteiger partial charge in [0.2, 0.25) is 0 Å². The minimum absolute atomic E-state index is 0.558. The van der Waals surface area contributed by atoms with E-state index in [1.165, 1.54) is 12.8 Å². The number of hydrogen-bond acceptors (Lipinski definition) is 1. The van der Waals surface area contributed by atoms with Crippen molar-refractivity contribution in [3.05, 3.63) is 6.42 Å². The van der Waals surface area contributed by atoms with Crippen LogP contribution >= 0.6 is 12.2 Å². The smallest absolute Gasteiger partial charge is 0.0768 e. The van der Waals surface area contributed by atoms with Crippen molar-refractivity contribution in [2.45, 2.75) is 12.8 Å². The van der Waals surface area contributed by atoms with Gasteiger partial charge in [0.1, 0.15) is 0 Å². The van der Waals surface area contributed by atoms with E-state index in [0.29, 0.717) is 4.99 Å². The van der Waals surface area contributed by atoms with Crippen molar-refractivity contribution in [2.24, 2.45) is 11.7 Å². The van der Waals surface area contributed by atoms with Gasteiger partial charge in [-0.05, 0) is 18.8 Å². The molecule has 0 bridgehead atoms. The minimum atomic E-state index is 0.558. The van der Waals surface area contributed by atoms with Gasteiger partial charge >= 0.3 is 0 Å². The lowest BCUT2D eigenvalue weighted by molar-refractivity contribution is 1.07. The van der Waals surface area contributed by atoms with E-state index in [-0.39, 0.29) is 0 Å². The van der Waals surface area contributed by atoms with Crippen LogP contribution in [0.2, 0.25) is 0 Å². The summed E-state index contributed by atoms with van der Waals surface area (Å²) in [7, 11) is 0. The van der Waals surface area contributed by atoms with Crippen LogP contribution < -0.4 is 5.73 Å². The third kappa shape index (κ3) is 1.88. The average Bonchev–Trinajstić information content (AvgIpc) is 2.17. The summed E-state index contributed by atoms with van der Waals surface area (Å²) in [5, 5.41) is 0. The van der Waals surface area contributed by atoms with Crippen LogP contribution in [-0.2, 0) is 0 Å². The van der Waals surface area contributed by atoms with E-state index in [1.807, 2.05) is 6.42 Å². The molecule has 0 aliphatic heterocycles. The summed E-state index contributed by atoms with van der Waals surface area (Å²) in [5.41, 5.74) is 5.21. The quantitative estimate of drug-likeness (QED) is 0.539. The lowest BCUT2D eigenvalue weighted by Gasteiger charge is -1.87. The second kappa shape index (κ2) is 1.78. The Bertz CT molecular complexity index is 86.1. The lowest BCUT2D eigenvalue weighted by atomic mass is 10.3. The fourth-order valence-corrected chi connectivity index (χ4v) is 0.688. The van der Waals surface area contributed by atoms with Gasteiger partial charge in [-0.3, -0.25) is 0 Å². The van der Waals surface area contributed by atoms with E-state index in [4.69, 9.17) is 5.73 Å². The standard InChI is InChI=1S/C5H8NS/c6-5(7)3-4-1-2-4/h3-4H,1-2H2,(H2,6,7). The molecule has 1 radical (unpaired) electrons. The summed E-state index contributed by atoms with van der Waals surface area (Å²) >= 11 is 4.63. The zero-order valence-corrected chi connectivity index (χ0v) is 4.87. The monoisotopic (exact) mass is 114 g/mol. The normalized spacial score (nSPS) is 19.4. The number of nitrogens with two attached hydrogens (primary N) is 1. The maximum absolute atomic E-state index is 5.21. The molecule has 2 heteroatoms. The summed E-state index contributed by atoms with van der Waals surface area (Å²) in [6.07, 6.45) is 4.53. The van der Waals surface area contributed by atoms with Crippen molar-refractivity contribution in [3.63, 3.8) is 0 Å². The Hall–Kier alpha value is -0.110. The van der Waals surface area contributed by atoms with E-state index in [9.17, 15) is 0 Å². The van der Waals surface area contributed by atoms with Gasteiger partial charge in [-0.25, -0.2) is 0 Å². The van der Waals surface area contributed by atoms with Crippen LogP contribution in [0.1, 0.15) is 12.8 Å². The van der Waals surface area contributed by atoms with E-state index >= 15 is 0 Å². The van der Waals surface area contributed by atoms with Gasteiger partial charge in [0, 0.05) is 6.42 Å². The summed E-state index contributed by atoms with van der Waals surface area (Å²) in [6.45, 7) is 0. The van der Waals surface area contributed by atoms with E-state index in [0.717, 1.165) is 5.92 Å². The highest BCUT2D eigenvalue weighted by Crippen LogP contribution is 2.31. The molecule has 0 aromatic carbocycles. The minimum Gasteiger partial charge on any atom is -0.393 e.